The molecule has 0 spiro atoms. The van der Waals surface area contributed by atoms with E-state index >= 15 is 0 Å². The molecule has 1 aromatic rings. The monoisotopic (exact) mass is 512 g/mol. The van der Waals surface area contributed by atoms with Crippen molar-refractivity contribution >= 4 is 23.3 Å². The van der Waals surface area contributed by atoms with Gasteiger partial charge in [-0.2, -0.15) is 0 Å². The van der Waals surface area contributed by atoms with Crippen LogP contribution in [0.25, 0.3) is 0 Å². The lowest BCUT2D eigenvalue weighted by Gasteiger charge is -2.37. The lowest BCUT2D eigenvalue weighted by molar-refractivity contribution is -0.140. The van der Waals surface area contributed by atoms with Crippen LogP contribution in [0.5, 0.6) is 0 Å². The van der Waals surface area contributed by atoms with Crippen molar-refractivity contribution in [3.05, 3.63) is 29.8 Å². The standard InChI is InChI=1S/C29H44N4O4/c1-6-13-31-14-16-32(17-15-31)22-11-9-21(10-12-22)27(35)30-26(29(4,5)8-3)28(36)33-18-20(7-2)25-24(33)23(34)19-37-25/h9-12,20,24-26H,6-8,13-19H2,1-5H3,(H,30,35)/t20-,24-,25-,26?/m1/s1. The van der Waals surface area contributed by atoms with E-state index in [1.165, 1.54) is 6.42 Å². The molecule has 3 aliphatic heterocycles. The Balaban J connectivity index is 1.46. The van der Waals surface area contributed by atoms with Gasteiger partial charge < -0.3 is 19.9 Å². The zero-order valence-corrected chi connectivity index (χ0v) is 23.2. The summed E-state index contributed by atoms with van der Waals surface area (Å²) in [5.74, 6) is -0.361. The van der Waals surface area contributed by atoms with Crippen LogP contribution in [0.1, 0.15) is 64.2 Å². The van der Waals surface area contributed by atoms with Gasteiger partial charge >= 0.3 is 0 Å². The zero-order chi connectivity index (χ0) is 26.7. The second-order valence-corrected chi connectivity index (χ2v) is 11.5. The predicted molar refractivity (Wildman–Crippen MR) is 145 cm³/mol. The molecule has 3 fully saturated rings. The number of piperazine rings is 1. The Morgan fingerprint density at radius 3 is 2.35 bits per heavy atom. The van der Waals surface area contributed by atoms with E-state index in [2.05, 4.69) is 29.0 Å². The number of Topliss-reactive ketones (excluding diaryl/α,β-unsaturated/α-hetero) is 1. The molecule has 1 aromatic carbocycles. The third-order valence-electron chi connectivity index (χ3n) is 8.72. The van der Waals surface area contributed by atoms with Gasteiger partial charge in [0.15, 0.2) is 5.78 Å². The SMILES string of the molecule is CCCN1CCN(c2ccc(C(=O)NC(C(=O)N3C[C@@H](CC)[C@H]4OCC(=O)[C@H]43)C(C)(C)CC)cc2)CC1. The Kier molecular flexibility index (Phi) is 8.59. The number of likely N-dealkylation sites (tertiary alicyclic amines) is 1. The number of carbonyl (C=O) groups excluding carboxylic acids is 3. The highest BCUT2D eigenvalue weighted by Crippen LogP contribution is 2.36. The van der Waals surface area contributed by atoms with Gasteiger partial charge in [-0.15, -0.1) is 0 Å². The van der Waals surface area contributed by atoms with Crippen LogP contribution in [0.15, 0.2) is 24.3 Å². The summed E-state index contributed by atoms with van der Waals surface area (Å²) >= 11 is 0. The number of nitrogens with one attached hydrogen (secondary N) is 1. The van der Waals surface area contributed by atoms with E-state index < -0.39 is 17.5 Å². The van der Waals surface area contributed by atoms with Crippen molar-refractivity contribution in [2.45, 2.75) is 72.1 Å². The zero-order valence-electron chi connectivity index (χ0n) is 23.2. The highest BCUT2D eigenvalue weighted by molar-refractivity contribution is 5.99. The van der Waals surface area contributed by atoms with Crippen LogP contribution < -0.4 is 10.2 Å². The van der Waals surface area contributed by atoms with Crippen molar-refractivity contribution in [2.24, 2.45) is 11.3 Å². The van der Waals surface area contributed by atoms with E-state index in [1.807, 2.05) is 45.0 Å². The van der Waals surface area contributed by atoms with Crippen LogP contribution >= 0.6 is 0 Å². The molecule has 3 aliphatic rings. The van der Waals surface area contributed by atoms with Gasteiger partial charge in [0.25, 0.3) is 5.91 Å². The number of hydrogen-bond donors (Lipinski definition) is 1. The molecule has 1 N–H and O–H groups in total. The minimum Gasteiger partial charge on any atom is -0.369 e. The molecule has 4 atom stereocenters. The Morgan fingerprint density at radius 2 is 1.76 bits per heavy atom. The summed E-state index contributed by atoms with van der Waals surface area (Å²) in [6.45, 7) is 16.0. The second kappa shape index (κ2) is 11.5. The lowest BCUT2D eigenvalue weighted by Crippen LogP contribution is -2.57. The summed E-state index contributed by atoms with van der Waals surface area (Å²) in [4.78, 5) is 46.4. The number of benzene rings is 1. The van der Waals surface area contributed by atoms with Crippen molar-refractivity contribution in [3.8, 4) is 0 Å². The number of ketones is 1. The van der Waals surface area contributed by atoms with Crippen LogP contribution in [-0.4, -0.2) is 91.5 Å². The minimum atomic E-state index is -0.735. The summed E-state index contributed by atoms with van der Waals surface area (Å²) in [6.07, 6.45) is 2.48. The van der Waals surface area contributed by atoms with Gasteiger partial charge in [0, 0.05) is 49.9 Å². The number of nitrogens with zero attached hydrogens (tertiary/aromatic N) is 3. The number of fused-ring (bicyclic) bond motifs is 1. The molecule has 1 unspecified atom stereocenters. The summed E-state index contributed by atoms with van der Waals surface area (Å²) in [7, 11) is 0. The maximum atomic E-state index is 13.9. The molecule has 0 saturated carbocycles. The molecular formula is C29H44N4O4. The molecule has 2 amide bonds. The van der Waals surface area contributed by atoms with Gasteiger partial charge in [-0.25, -0.2) is 0 Å². The van der Waals surface area contributed by atoms with Gasteiger partial charge in [-0.3, -0.25) is 19.3 Å². The van der Waals surface area contributed by atoms with E-state index in [1.54, 1.807) is 4.90 Å². The van der Waals surface area contributed by atoms with Gasteiger partial charge in [0.05, 0.1) is 6.10 Å². The number of carbonyl (C=O) groups is 3. The number of ether oxygens (including phenoxy) is 1. The molecule has 3 saturated heterocycles. The van der Waals surface area contributed by atoms with Crippen molar-refractivity contribution < 1.29 is 19.1 Å². The highest BCUT2D eigenvalue weighted by atomic mass is 16.5. The fraction of sp³-hybridized carbons (Fsp3) is 0.690. The Hall–Kier alpha value is -2.45. The summed E-state index contributed by atoms with van der Waals surface area (Å²) in [5.41, 5.74) is 1.17. The van der Waals surface area contributed by atoms with E-state index in [0.29, 0.717) is 18.5 Å². The third-order valence-corrected chi connectivity index (χ3v) is 8.72. The topological polar surface area (TPSA) is 82.2 Å². The molecule has 0 radical (unpaired) electrons. The molecule has 8 heteroatoms. The van der Waals surface area contributed by atoms with Crippen LogP contribution in [-0.2, 0) is 14.3 Å². The maximum Gasteiger partial charge on any atom is 0.251 e. The Morgan fingerprint density at radius 1 is 1.08 bits per heavy atom. The average Bonchev–Trinajstić information content (AvgIpc) is 3.47. The second-order valence-electron chi connectivity index (χ2n) is 11.5. The lowest BCUT2D eigenvalue weighted by atomic mass is 9.80. The normalized spacial score (nSPS) is 25.3. The smallest absolute Gasteiger partial charge is 0.251 e. The van der Waals surface area contributed by atoms with Crippen molar-refractivity contribution in [1.29, 1.82) is 0 Å². The molecule has 8 nitrogen and oxygen atoms in total. The number of rotatable bonds is 9. The number of anilines is 1. The first-order valence-corrected chi connectivity index (χ1v) is 14.0. The van der Waals surface area contributed by atoms with Crippen LogP contribution in [0, 0.1) is 11.3 Å². The summed E-state index contributed by atoms with van der Waals surface area (Å²) < 4.78 is 5.76. The summed E-state index contributed by atoms with van der Waals surface area (Å²) in [5, 5.41) is 3.05. The molecule has 204 valence electrons. The fourth-order valence-corrected chi connectivity index (χ4v) is 5.89. The van der Waals surface area contributed by atoms with Crippen molar-refractivity contribution in [2.75, 3.05) is 50.8 Å². The molecule has 37 heavy (non-hydrogen) atoms. The van der Waals surface area contributed by atoms with Crippen LogP contribution in [0.4, 0.5) is 5.69 Å². The van der Waals surface area contributed by atoms with Crippen LogP contribution in [0.2, 0.25) is 0 Å². The first-order chi connectivity index (χ1) is 17.7. The molecular weight excluding hydrogens is 468 g/mol. The largest absolute Gasteiger partial charge is 0.369 e. The van der Waals surface area contributed by atoms with Gasteiger partial charge in [0.2, 0.25) is 5.91 Å². The number of hydrogen-bond acceptors (Lipinski definition) is 6. The predicted octanol–water partition coefficient (Wildman–Crippen LogP) is 2.96. The Bertz CT molecular complexity index is 971. The molecule has 0 aromatic heterocycles. The van der Waals surface area contributed by atoms with E-state index in [4.69, 9.17) is 4.74 Å². The van der Waals surface area contributed by atoms with E-state index in [0.717, 1.165) is 44.8 Å². The van der Waals surface area contributed by atoms with Gasteiger partial charge in [0.1, 0.15) is 18.7 Å². The third kappa shape index (κ3) is 5.70. The number of amides is 2. The van der Waals surface area contributed by atoms with E-state index in [-0.39, 0.29) is 36.2 Å². The quantitative estimate of drug-likeness (QED) is 0.548. The fourth-order valence-electron chi connectivity index (χ4n) is 5.89. The molecule has 0 bridgehead atoms. The first-order valence-electron chi connectivity index (χ1n) is 14.0. The Labute approximate surface area is 221 Å². The average molecular weight is 513 g/mol. The van der Waals surface area contributed by atoms with E-state index in [9.17, 15) is 14.4 Å². The van der Waals surface area contributed by atoms with Crippen molar-refractivity contribution in [1.82, 2.24) is 15.1 Å². The molecule has 0 aliphatic carbocycles. The molecule has 3 heterocycles. The highest BCUT2D eigenvalue weighted by Gasteiger charge is 2.53. The van der Waals surface area contributed by atoms with Gasteiger partial charge in [-0.1, -0.05) is 34.6 Å². The maximum absolute atomic E-state index is 13.9. The van der Waals surface area contributed by atoms with Crippen molar-refractivity contribution in [3.63, 3.8) is 0 Å². The summed E-state index contributed by atoms with van der Waals surface area (Å²) in [6, 6.07) is 6.41. The minimum absolute atomic E-state index is 0.0419. The molecule has 4 rings (SSSR count). The first kappa shape index (κ1) is 27.6. The van der Waals surface area contributed by atoms with Crippen LogP contribution in [0.3, 0.4) is 0 Å². The van der Waals surface area contributed by atoms with Gasteiger partial charge in [-0.05, 0) is 55.5 Å².